The number of hydrogen-bond donors (Lipinski definition) is 0. The van der Waals surface area contributed by atoms with Crippen LogP contribution in [0.5, 0.6) is 0 Å². The second-order valence-corrected chi connectivity index (χ2v) is 12.6. The highest BCUT2D eigenvalue weighted by molar-refractivity contribution is 6.15. The molecule has 0 radical (unpaired) electrons. The van der Waals surface area contributed by atoms with Gasteiger partial charge < -0.3 is 14.2 Å². The highest BCUT2D eigenvalue weighted by atomic mass is 16.3. The third kappa shape index (κ3) is 4.51. The van der Waals surface area contributed by atoms with Gasteiger partial charge in [0.25, 0.3) is 0 Å². The van der Waals surface area contributed by atoms with Crippen LogP contribution in [0.4, 0.5) is 34.1 Å². The number of para-hydroxylation sites is 2. The lowest BCUT2D eigenvalue weighted by Gasteiger charge is -2.31. The second kappa shape index (κ2) is 11.0. The Morgan fingerprint density at radius 3 is 1.47 bits per heavy atom. The van der Waals surface area contributed by atoms with Crippen LogP contribution in [0.3, 0.4) is 0 Å². The SMILES string of the molecule is c1ccc(-c2cccc(N3c4cc(-c5ccccc5)cc(c4)N(c4ccc5ccccc5c4)c4cccc5c4oc4c3cccc45)c2)cc1. The van der Waals surface area contributed by atoms with E-state index in [4.69, 9.17) is 4.42 Å². The van der Waals surface area contributed by atoms with E-state index in [1.54, 1.807) is 0 Å². The molecule has 0 spiro atoms. The van der Waals surface area contributed by atoms with Gasteiger partial charge in [-0.25, -0.2) is 0 Å². The average molecular weight is 627 g/mol. The Balaban J connectivity index is 1.32. The van der Waals surface area contributed by atoms with Crippen molar-refractivity contribution >= 4 is 66.8 Å². The molecule has 1 aliphatic rings. The lowest BCUT2D eigenvalue weighted by molar-refractivity contribution is 0.669. The summed E-state index contributed by atoms with van der Waals surface area (Å²) in [5.74, 6) is 0. The number of anilines is 6. The van der Waals surface area contributed by atoms with Crippen LogP contribution in [0.15, 0.2) is 186 Å². The molecule has 10 rings (SSSR count). The fraction of sp³-hybridized carbons (Fsp3) is 0. The van der Waals surface area contributed by atoms with E-state index in [0.717, 1.165) is 72.8 Å². The summed E-state index contributed by atoms with van der Waals surface area (Å²) >= 11 is 0. The normalized spacial score (nSPS) is 12.4. The number of rotatable bonds is 4. The summed E-state index contributed by atoms with van der Waals surface area (Å²) in [6.45, 7) is 0. The van der Waals surface area contributed by atoms with Crippen LogP contribution in [0.25, 0.3) is 55.0 Å². The molecule has 4 bridgehead atoms. The van der Waals surface area contributed by atoms with Crippen molar-refractivity contribution in [2.75, 3.05) is 9.80 Å². The quantitative estimate of drug-likeness (QED) is 0.194. The molecule has 0 aliphatic carbocycles. The van der Waals surface area contributed by atoms with Gasteiger partial charge in [0.1, 0.15) is 0 Å². The van der Waals surface area contributed by atoms with Crippen molar-refractivity contribution in [1.82, 2.24) is 0 Å². The minimum Gasteiger partial charge on any atom is -0.452 e. The third-order valence-corrected chi connectivity index (χ3v) is 9.69. The molecule has 0 saturated carbocycles. The first kappa shape index (κ1) is 27.5. The predicted molar refractivity (Wildman–Crippen MR) is 205 cm³/mol. The highest BCUT2D eigenvalue weighted by Crippen LogP contribution is 2.50. The largest absolute Gasteiger partial charge is 0.452 e. The van der Waals surface area contributed by atoms with Crippen molar-refractivity contribution in [2.24, 2.45) is 0 Å². The lowest BCUT2D eigenvalue weighted by atomic mass is 10.0. The predicted octanol–water partition coefficient (Wildman–Crippen LogP) is 13.3. The van der Waals surface area contributed by atoms with Gasteiger partial charge in [-0.1, -0.05) is 127 Å². The maximum Gasteiger partial charge on any atom is 0.159 e. The summed E-state index contributed by atoms with van der Waals surface area (Å²) in [7, 11) is 0. The Bertz CT molecular complexity index is 2680. The first-order valence-corrected chi connectivity index (χ1v) is 16.7. The molecule has 1 aromatic heterocycles. The van der Waals surface area contributed by atoms with Gasteiger partial charge in [0.05, 0.1) is 11.4 Å². The maximum atomic E-state index is 7.02. The van der Waals surface area contributed by atoms with Crippen LogP contribution in [0.1, 0.15) is 0 Å². The molecular formula is C46H30N2O. The van der Waals surface area contributed by atoms with Crippen molar-refractivity contribution in [2.45, 2.75) is 0 Å². The van der Waals surface area contributed by atoms with Gasteiger partial charge in [-0.3, -0.25) is 0 Å². The van der Waals surface area contributed by atoms with Crippen molar-refractivity contribution in [1.29, 1.82) is 0 Å². The van der Waals surface area contributed by atoms with Crippen molar-refractivity contribution < 1.29 is 4.42 Å². The lowest BCUT2D eigenvalue weighted by Crippen LogP contribution is -2.14. The summed E-state index contributed by atoms with van der Waals surface area (Å²) in [6.07, 6.45) is 0. The first-order chi connectivity index (χ1) is 24.3. The molecule has 230 valence electrons. The molecule has 0 fully saturated rings. The molecule has 0 amide bonds. The maximum absolute atomic E-state index is 7.02. The van der Waals surface area contributed by atoms with E-state index >= 15 is 0 Å². The molecule has 3 heteroatoms. The van der Waals surface area contributed by atoms with Gasteiger partial charge in [-0.2, -0.15) is 0 Å². The van der Waals surface area contributed by atoms with E-state index in [9.17, 15) is 0 Å². The minimum atomic E-state index is 0.863. The van der Waals surface area contributed by atoms with Crippen LogP contribution >= 0.6 is 0 Å². The number of furan rings is 1. The van der Waals surface area contributed by atoms with Crippen molar-refractivity contribution in [3.63, 3.8) is 0 Å². The van der Waals surface area contributed by atoms with Gasteiger partial charge >= 0.3 is 0 Å². The van der Waals surface area contributed by atoms with E-state index in [1.807, 2.05) is 0 Å². The summed E-state index contributed by atoms with van der Waals surface area (Å²) in [4.78, 5) is 4.72. The molecule has 1 aliphatic heterocycles. The van der Waals surface area contributed by atoms with Crippen molar-refractivity contribution in [3.8, 4) is 22.3 Å². The Morgan fingerprint density at radius 2 is 0.816 bits per heavy atom. The Kier molecular flexibility index (Phi) is 6.18. The van der Waals surface area contributed by atoms with E-state index in [0.29, 0.717) is 0 Å². The topological polar surface area (TPSA) is 19.6 Å². The average Bonchev–Trinajstić information content (AvgIpc) is 3.56. The smallest absolute Gasteiger partial charge is 0.159 e. The summed E-state index contributed by atoms with van der Waals surface area (Å²) in [5.41, 5.74) is 12.6. The van der Waals surface area contributed by atoms with Gasteiger partial charge in [0, 0.05) is 33.5 Å². The zero-order chi connectivity index (χ0) is 32.3. The molecule has 49 heavy (non-hydrogen) atoms. The van der Waals surface area contributed by atoms with Gasteiger partial charge in [-0.05, 0) is 87.6 Å². The number of hydrogen-bond acceptors (Lipinski definition) is 3. The third-order valence-electron chi connectivity index (χ3n) is 9.69. The standard InChI is InChI=1S/C46H30N2O/c1-3-12-31(13-4-1)35-18-9-19-37(26-35)47-39-28-36(32-14-5-2-6-15-32)29-40(30-39)48(38-25-24-33-16-7-8-17-34(33)27-38)44-23-11-21-42-41-20-10-22-43(47)45(41)49-46(42)44/h1-30H. The molecule has 2 heterocycles. The van der Waals surface area contributed by atoms with Crippen LogP contribution in [-0.4, -0.2) is 0 Å². The van der Waals surface area contributed by atoms with Crippen LogP contribution in [-0.2, 0) is 0 Å². The Hall–Kier alpha value is -6.58. The minimum absolute atomic E-state index is 0.863. The summed E-state index contributed by atoms with van der Waals surface area (Å²) in [6, 6.07) is 65.2. The van der Waals surface area contributed by atoms with Crippen LogP contribution in [0, 0.1) is 0 Å². The molecular weight excluding hydrogens is 597 g/mol. The molecule has 0 N–H and O–H groups in total. The Morgan fingerprint density at radius 1 is 0.306 bits per heavy atom. The zero-order valence-corrected chi connectivity index (χ0v) is 26.6. The zero-order valence-electron chi connectivity index (χ0n) is 26.6. The van der Waals surface area contributed by atoms with E-state index in [-0.39, 0.29) is 0 Å². The molecule has 0 atom stereocenters. The summed E-state index contributed by atoms with van der Waals surface area (Å²) in [5, 5.41) is 4.59. The number of nitrogens with zero attached hydrogens (tertiary/aromatic N) is 2. The fourth-order valence-corrected chi connectivity index (χ4v) is 7.42. The number of fused-ring (bicyclic) bond motifs is 4. The Labute approximate surface area is 284 Å². The fourth-order valence-electron chi connectivity index (χ4n) is 7.42. The van der Waals surface area contributed by atoms with Gasteiger partial charge in [0.2, 0.25) is 0 Å². The summed E-state index contributed by atoms with van der Waals surface area (Å²) < 4.78 is 7.02. The molecule has 0 saturated heterocycles. The molecule has 8 aromatic carbocycles. The molecule has 3 nitrogen and oxygen atoms in total. The van der Waals surface area contributed by atoms with E-state index in [2.05, 4.69) is 192 Å². The van der Waals surface area contributed by atoms with Gasteiger partial charge in [-0.15, -0.1) is 0 Å². The van der Waals surface area contributed by atoms with Crippen LogP contribution in [0.2, 0.25) is 0 Å². The highest BCUT2D eigenvalue weighted by Gasteiger charge is 2.27. The van der Waals surface area contributed by atoms with Gasteiger partial charge in [0.15, 0.2) is 11.2 Å². The van der Waals surface area contributed by atoms with Crippen molar-refractivity contribution in [3.05, 3.63) is 182 Å². The molecule has 0 unspecified atom stereocenters. The second-order valence-electron chi connectivity index (χ2n) is 12.6. The van der Waals surface area contributed by atoms with E-state index < -0.39 is 0 Å². The van der Waals surface area contributed by atoms with E-state index in [1.165, 1.54) is 16.3 Å². The number of benzene rings is 8. The van der Waals surface area contributed by atoms with Crippen LogP contribution < -0.4 is 9.80 Å². The monoisotopic (exact) mass is 626 g/mol. The first-order valence-electron chi connectivity index (χ1n) is 16.7. The molecule has 9 aromatic rings.